The van der Waals surface area contributed by atoms with E-state index in [1.165, 1.54) is 4.68 Å². The van der Waals surface area contributed by atoms with Gasteiger partial charge in [-0.3, -0.25) is 14.4 Å². The van der Waals surface area contributed by atoms with Gasteiger partial charge in [0.1, 0.15) is 0 Å². The summed E-state index contributed by atoms with van der Waals surface area (Å²) in [6, 6.07) is 25.2. The molecule has 7 heteroatoms. The molecular weight excluding hydrogens is 428 g/mol. The molecule has 0 aliphatic carbocycles. The van der Waals surface area contributed by atoms with Crippen molar-refractivity contribution in [3.8, 4) is 5.69 Å². The molecule has 1 aliphatic heterocycles. The fourth-order valence-corrected chi connectivity index (χ4v) is 4.35. The van der Waals surface area contributed by atoms with Crippen LogP contribution in [0.4, 0.5) is 0 Å². The van der Waals surface area contributed by atoms with Crippen molar-refractivity contribution in [3.63, 3.8) is 0 Å². The van der Waals surface area contributed by atoms with Gasteiger partial charge in [0.05, 0.1) is 11.1 Å². The lowest BCUT2D eigenvalue weighted by Gasteiger charge is -2.32. The number of nitrogens with zero attached hydrogens (tertiary/aromatic N) is 3. The van der Waals surface area contributed by atoms with E-state index in [1.54, 1.807) is 36.4 Å². The fraction of sp³-hybridized carbons (Fsp3) is 0.185. The topological polar surface area (TPSA) is 84.3 Å². The van der Waals surface area contributed by atoms with Gasteiger partial charge >= 0.3 is 0 Å². The van der Waals surface area contributed by atoms with Gasteiger partial charge in [-0.2, -0.15) is 9.78 Å². The molecule has 1 aliphatic rings. The number of hydrogen-bond acceptors (Lipinski definition) is 4. The Hall–Kier alpha value is -4.26. The predicted molar refractivity (Wildman–Crippen MR) is 130 cm³/mol. The average Bonchev–Trinajstić information content (AvgIpc) is 2.90. The minimum absolute atomic E-state index is 0.00738. The van der Waals surface area contributed by atoms with Crippen LogP contribution in [0.15, 0.2) is 89.7 Å². The molecule has 0 spiro atoms. The second-order valence-electron chi connectivity index (χ2n) is 8.35. The molecule has 170 valence electrons. The number of benzene rings is 3. The summed E-state index contributed by atoms with van der Waals surface area (Å²) in [5.41, 5.74) is 1.21. The summed E-state index contributed by atoms with van der Waals surface area (Å²) in [5, 5.41) is 8.48. The lowest BCUT2D eigenvalue weighted by molar-refractivity contribution is 0.0697. The van der Waals surface area contributed by atoms with E-state index in [-0.39, 0.29) is 29.1 Å². The third kappa shape index (κ3) is 4.20. The first-order valence-corrected chi connectivity index (χ1v) is 11.3. The summed E-state index contributed by atoms with van der Waals surface area (Å²) in [5.74, 6) is -0.318. The number of para-hydroxylation sites is 1. The van der Waals surface area contributed by atoms with Crippen LogP contribution >= 0.6 is 0 Å². The molecule has 2 heterocycles. The molecule has 0 saturated carbocycles. The van der Waals surface area contributed by atoms with Crippen molar-refractivity contribution in [2.45, 2.75) is 18.9 Å². The van der Waals surface area contributed by atoms with Gasteiger partial charge in [0.2, 0.25) is 0 Å². The molecule has 2 amide bonds. The summed E-state index contributed by atoms with van der Waals surface area (Å²) in [7, 11) is 0. The number of carbonyl (C=O) groups is 2. The Morgan fingerprint density at radius 3 is 2.06 bits per heavy atom. The number of likely N-dealkylation sites (tertiary alicyclic amines) is 1. The molecule has 5 rings (SSSR count). The van der Waals surface area contributed by atoms with E-state index in [2.05, 4.69) is 10.4 Å². The number of fused-ring (bicyclic) bond motifs is 1. The van der Waals surface area contributed by atoms with Gasteiger partial charge in [-0.1, -0.05) is 54.6 Å². The molecule has 7 nitrogen and oxygen atoms in total. The van der Waals surface area contributed by atoms with Crippen molar-refractivity contribution in [2.24, 2.45) is 0 Å². The highest BCUT2D eigenvalue weighted by Gasteiger charge is 2.26. The van der Waals surface area contributed by atoms with Crippen molar-refractivity contribution < 1.29 is 9.59 Å². The molecule has 0 atom stereocenters. The van der Waals surface area contributed by atoms with Crippen LogP contribution in [-0.4, -0.2) is 45.6 Å². The number of piperidine rings is 1. The highest BCUT2D eigenvalue weighted by molar-refractivity contribution is 6.05. The summed E-state index contributed by atoms with van der Waals surface area (Å²) < 4.78 is 1.28. The molecule has 1 N–H and O–H groups in total. The zero-order valence-corrected chi connectivity index (χ0v) is 18.6. The van der Waals surface area contributed by atoms with Crippen LogP contribution in [0.5, 0.6) is 0 Å². The van der Waals surface area contributed by atoms with E-state index in [9.17, 15) is 14.4 Å². The minimum atomic E-state index is -0.325. The Balaban J connectivity index is 1.36. The van der Waals surface area contributed by atoms with Crippen LogP contribution in [0.25, 0.3) is 16.5 Å². The third-order valence-corrected chi connectivity index (χ3v) is 6.16. The Morgan fingerprint density at radius 2 is 1.38 bits per heavy atom. The summed E-state index contributed by atoms with van der Waals surface area (Å²) in [6.45, 7) is 1.13. The first-order chi connectivity index (χ1) is 16.6. The molecule has 0 unspecified atom stereocenters. The smallest absolute Gasteiger partial charge is 0.279 e. The normalized spacial score (nSPS) is 14.2. The monoisotopic (exact) mass is 452 g/mol. The molecule has 4 aromatic rings. The largest absolute Gasteiger partial charge is 0.348 e. The Morgan fingerprint density at radius 1 is 0.794 bits per heavy atom. The number of hydrogen-bond donors (Lipinski definition) is 1. The summed E-state index contributed by atoms with van der Waals surface area (Å²) >= 11 is 0. The molecule has 1 fully saturated rings. The van der Waals surface area contributed by atoms with E-state index in [1.807, 2.05) is 53.4 Å². The number of rotatable bonds is 4. The SMILES string of the molecule is O=C(NC1CCN(C(=O)c2ccccc2)CC1)c1nn(-c2ccccc2)c(=O)c2ccccc12. The molecule has 34 heavy (non-hydrogen) atoms. The van der Waals surface area contributed by atoms with Gasteiger partial charge in [0.15, 0.2) is 5.69 Å². The van der Waals surface area contributed by atoms with Crippen molar-refractivity contribution in [1.82, 2.24) is 20.0 Å². The van der Waals surface area contributed by atoms with Crippen molar-refractivity contribution in [1.29, 1.82) is 0 Å². The van der Waals surface area contributed by atoms with Crippen LogP contribution in [0.3, 0.4) is 0 Å². The van der Waals surface area contributed by atoms with Crippen molar-refractivity contribution in [2.75, 3.05) is 13.1 Å². The number of aromatic nitrogens is 2. The van der Waals surface area contributed by atoms with Crippen LogP contribution < -0.4 is 10.9 Å². The van der Waals surface area contributed by atoms with Gasteiger partial charge in [0, 0.05) is 30.1 Å². The van der Waals surface area contributed by atoms with Crippen LogP contribution in [0.1, 0.15) is 33.7 Å². The van der Waals surface area contributed by atoms with Gasteiger partial charge in [0.25, 0.3) is 17.4 Å². The highest BCUT2D eigenvalue weighted by Crippen LogP contribution is 2.18. The second kappa shape index (κ2) is 9.31. The lowest BCUT2D eigenvalue weighted by Crippen LogP contribution is -2.47. The quantitative estimate of drug-likeness (QED) is 0.514. The predicted octanol–water partition coefficient (Wildman–Crippen LogP) is 3.42. The van der Waals surface area contributed by atoms with E-state index >= 15 is 0 Å². The lowest BCUT2D eigenvalue weighted by atomic mass is 10.0. The fourth-order valence-electron chi connectivity index (χ4n) is 4.35. The molecule has 1 saturated heterocycles. The first kappa shape index (κ1) is 21.6. The minimum Gasteiger partial charge on any atom is -0.348 e. The van der Waals surface area contributed by atoms with E-state index in [0.29, 0.717) is 48.0 Å². The molecule has 0 radical (unpaired) electrons. The van der Waals surface area contributed by atoms with Gasteiger partial charge in [-0.15, -0.1) is 0 Å². The van der Waals surface area contributed by atoms with Gasteiger partial charge < -0.3 is 10.2 Å². The first-order valence-electron chi connectivity index (χ1n) is 11.3. The Labute approximate surface area is 196 Å². The number of carbonyl (C=O) groups excluding carboxylic acids is 2. The van der Waals surface area contributed by atoms with E-state index in [0.717, 1.165) is 0 Å². The summed E-state index contributed by atoms with van der Waals surface area (Å²) in [6.07, 6.45) is 1.31. The van der Waals surface area contributed by atoms with Gasteiger partial charge in [-0.05, 0) is 43.2 Å². The molecule has 1 aromatic heterocycles. The van der Waals surface area contributed by atoms with Crippen molar-refractivity contribution in [3.05, 3.63) is 107 Å². The van der Waals surface area contributed by atoms with Crippen LogP contribution in [0, 0.1) is 0 Å². The van der Waals surface area contributed by atoms with E-state index < -0.39 is 0 Å². The standard InChI is InChI=1S/C27H24N4O3/c32-25(28-20-15-17-30(18-16-20)26(33)19-9-3-1-4-10-19)24-22-13-7-8-14-23(22)27(34)31(29-24)21-11-5-2-6-12-21/h1-14,20H,15-18H2,(H,28,32). The average molecular weight is 453 g/mol. The maximum Gasteiger partial charge on any atom is 0.279 e. The van der Waals surface area contributed by atoms with Crippen LogP contribution in [-0.2, 0) is 0 Å². The molecule has 0 bridgehead atoms. The third-order valence-electron chi connectivity index (χ3n) is 6.16. The van der Waals surface area contributed by atoms with Crippen LogP contribution in [0.2, 0.25) is 0 Å². The Bertz CT molecular complexity index is 1390. The maximum atomic E-state index is 13.3. The summed E-state index contributed by atoms with van der Waals surface area (Å²) in [4.78, 5) is 40.8. The van der Waals surface area contributed by atoms with Gasteiger partial charge in [-0.25, -0.2) is 0 Å². The second-order valence-corrected chi connectivity index (χ2v) is 8.35. The highest BCUT2D eigenvalue weighted by atomic mass is 16.2. The Kier molecular flexibility index (Phi) is 5.91. The number of amides is 2. The molecular formula is C27H24N4O3. The van der Waals surface area contributed by atoms with Crippen molar-refractivity contribution >= 4 is 22.6 Å². The zero-order valence-electron chi connectivity index (χ0n) is 18.6. The maximum absolute atomic E-state index is 13.3. The van der Waals surface area contributed by atoms with E-state index in [4.69, 9.17) is 0 Å². The molecule has 3 aromatic carbocycles. The zero-order chi connectivity index (χ0) is 23.5. The number of nitrogens with one attached hydrogen (secondary N) is 1.